The Morgan fingerprint density at radius 3 is 2.77 bits per heavy atom. The van der Waals surface area contributed by atoms with Gasteiger partial charge in [-0.2, -0.15) is 0 Å². The van der Waals surface area contributed by atoms with Crippen molar-refractivity contribution >= 4 is 0 Å². The smallest absolute Gasteiger partial charge is 0.145 e. The fraction of sp³-hybridized carbons (Fsp3) is 0.500. The number of aliphatic hydroxyl groups is 1. The first kappa shape index (κ1) is 8.63. The maximum absolute atomic E-state index is 13.3. The standard InChI is InChI=1S/C10H12FNO/c1-7(13)10(3-4-10)8-2-5-12-6-9(8)11/h2,5-7,13H,3-4H2,1H3. The number of hydrogen-bond donors (Lipinski definition) is 1. The quantitative estimate of drug-likeness (QED) is 0.752. The van der Waals surface area contributed by atoms with E-state index in [4.69, 9.17) is 0 Å². The lowest BCUT2D eigenvalue weighted by Crippen LogP contribution is -2.23. The fourth-order valence-corrected chi connectivity index (χ4v) is 1.83. The zero-order valence-corrected chi connectivity index (χ0v) is 7.50. The van der Waals surface area contributed by atoms with Gasteiger partial charge in [0.1, 0.15) is 5.82 Å². The molecular weight excluding hydrogens is 169 g/mol. The highest BCUT2D eigenvalue weighted by molar-refractivity contribution is 5.32. The molecule has 0 amide bonds. The molecule has 1 aliphatic carbocycles. The van der Waals surface area contributed by atoms with E-state index in [0.717, 1.165) is 12.8 Å². The monoisotopic (exact) mass is 181 g/mol. The summed E-state index contributed by atoms with van der Waals surface area (Å²) in [6.07, 6.45) is 4.03. The van der Waals surface area contributed by atoms with Crippen LogP contribution in [0.5, 0.6) is 0 Å². The Morgan fingerprint density at radius 2 is 2.31 bits per heavy atom. The average molecular weight is 181 g/mol. The van der Waals surface area contributed by atoms with E-state index in [0.29, 0.717) is 5.56 Å². The summed E-state index contributed by atoms with van der Waals surface area (Å²) in [5.74, 6) is -0.305. The summed E-state index contributed by atoms with van der Waals surface area (Å²) in [6.45, 7) is 1.72. The number of halogens is 1. The largest absolute Gasteiger partial charge is 0.392 e. The highest BCUT2D eigenvalue weighted by Gasteiger charge is 2.49. The van der Waals surface area contributed by atoms with E-state index >= 15 is 0 Å². The molecule has 3 heteroatoms. The molecule has 2 nitrogen and oxygen atoms in total. The molecule has 1 unspecified atom stereocenters. The van der Waals surface area contributed by atoms with Crippen LogP contribution in [0.3, 0.4) is 0 Å². The Bertz CT molecular complexity index is 320. The molecule has 0 radical (unpaired) electrons. The van der Waals surface area contributed by atoms with Gasteiger partial charge in [-0.1, -0.05) is 0 Å². The Kier molecular flexibility index (Phi) is 1.84. The van der Waals surface area contributed by atoms with Gasteiger partial charge in [0.15, 0.2) is 0 Å². The molecule has 13 heavy (non-hydrogen) atoms. The van der Waals surface area contributed by atoms with Crippen molar-refractivity contribution in [2.24, 2.45) is 0 Å². The van der Waals surface area contributed by atoms with Gasteiger partial charge in [0, 0.05) is 11.6 Å². The maximum atomic E-state index is 13.3. The van der Waals surface area contributed by atoms with E-state index in [-0.39, 0.29) is 11.2 Å². The summed E-state index contributed by atoms with van der Waals surface area (Å²) in [7, 11) is 0. The Balaban J connectivity index is 2.41. The van der Waals surface area contributed by atoms with E-state index < -0.39 is 6.10 Å². The van der Waals surface area contributed by atoms with Crippen LogP contribution in [0.15, 0.2) is 18.5 Å². The molecule has 0 aliphatic heterocycles. The highest BCUT2D eigenvalue weighted by Crippen LogP contribution is 2.51. The van der Waals surface area contributed by atoms with Crippen LogP contribution in [-0.4, -0.2) is 16.2 Å². The minimum atomic E-state index is -0.482. The van der Waals surface area contributed by atoms with Gasteiger partial charge in [-0.05, 0) is 31.4 Å². The first-order chi connectivity index (χ1) is 6.17. The molecule has 70 valence electrons. The number of pyridine rings is 1. The molecular formula is C10H12FNO. The van der Waals surface area contributed by atoms with Gasteiger partial charge < -0.3 is 5.11 Å². The third-order valence-corrected chi connectivity index (χ3v) is 2.90. The SMILES string of the molecule is CC(O)C1(c2ccncc2F)CC1. The molecule has 1 fully saturated rings. The molecule has 1 N–H and O–H groups in total. The number of hydrogen-bond acceptors (Lipinski definition) is 2. The van der Waals surface area contributed by atoms with Crippen LogP contribution in [0, 0.1) is 5.82 Å². The van der Waals surface area contributed by atoms with Gasteiger partial charge >= 0.3 is 0 Å². The predicted octanol–water partition coefficient (Wildman–Crippen LogP) is 1.63. The second-order valence-corrected chi connectivity index (χ2v) is 3.69. The van der Waals surface area contributed by atoms with Crippen LogP contribution < -0.4 is 0 Å². The normalized spacial score (nSPS) is 21.2. The molecule has 1 saturated carbocycles. The Morgan fingerprint density at radius 1 is 1.62 bits per heavy atom. The second kappa shape index (κ2) is 2.77. The lowest BCUT2D eigenvalue weighted by atomic mass is 9.91. The lowest BCUT2D eigenvalue weighted by molar-refractivity contribution is 0.148. The van der Waals surface area contributed by atoms with Crippen molar-refractivity contribution in [3.8, 4) is 0 Å². The first-order valence-corrected chi connectivity index (χ1v) is 4.45. The first-order valence-electron chi connectivity index (χ1n) is 4.45. The van der Waals surface area contributed by atoms with Gasteiger partial charge in [0.2, 0.25) is 0 Å². The van der Waals surface area contributed by atoms with Crippen molar-refractivity contribution in [3.63, 3.8) is 0 Å². The number of aromatic nitrogens is 1. The van der Waals surface area contributed by atoms with Crippen LogP contribution in [0.2, 0.25) is 0 Å². The van der Waals surface area contributed by atoms with Crippen LogP contribution in [-0.2, 0) is 5.41 Å². The molecule has 1 aliphatic rings. The van der Waals surface area contributed by atoms with Crippen LogP contribution in [0.25, 0.3) is 0 Å². The van der Waals surface area contributed by atoms with Crippen LogP contribution >= 0.6 is 0 Å². The minimum Gasteiger partial charge on any atom is -0.392 e. The van der Waals surface area contributed by atoms with Crippen molar-refractivity contribution in [1.29, 1.82) is 0 Å². The van der Waals surface area contributed by atoms with Crippen molar-refractivity contribution < 1.29 is 9.50 Å². The van der Waals surface area contributed by atoms with E-state index in [1.807, 2.05) is 0 Å². The molecule has 1 atom stereocenters. The molecule has 1 aromatic rings. The van der Waals surface area contributed by atoms with Gasteiger partial charge in [-0.3, -0.25) is 4.98 Å². The molecule has 2 rings (SSSR count). The van der Waals surface area contributed by atoms with Crippen molar-refractivity contribution in [3.05, 3.63) is 29.8 Å². The molecule has 1 heterocycles. The fourth-order valence-electron chi connectivity index (χ4n) is 1.83. The summed E-state index contributed by atoms with van der Waals surface area (Å²) < 4.78 is 13.3. The summed E-state index contributed by atoms with van der Waals surface area (Å²) in [6, 6.07) is 1.66. The number of rotatable bonds is 2. The third-order valence-electron chi connectivity index (χ3n) is 2.90. The molecule has 0 bridgehead atoms. The van der Waals surface area contributed by atoms with Gasteiger partial charge in [0.25, 0.3) is 0 Å². The number of nitrogens with zero attached hydrogens (tertiary/aromatic N) is 1. The molecule has 0 saturated heterocycles. The molecule has 0 spiro atoms. The summed E-state index contributed by atoms with van der Waals surface area (Å²) >= 11 is 0. The minimum absolute atomic E-state index is 0.305. The molecule has 1 aromatic heterocycles. The van der Waals surface area contributed by atoms with E-state index in [2.05, 4.69) is 4.98 Å². The zero-order valence-electron chi connectivity index (χ0n) is 7.50. The zero-order chi connectivity index (χ0) is 9.47. The van der Waals surface area contributed by atoms with E-state index in [9.17, 15) is 9.50 Å². The average Bonchev–Trinajstić information content (AvgIpc) is 2.85. The summed E-state index contributed by atoms with van der Waals surface area (Å²) in [4.78, 5) is 3.69. The summed E-state index contributed by atoms with van der Waals surface area (Å²) in [5, 5.41) is 9.53. The van der Waals surface area contributed by atoms with E-state index in [1.165, 1.54) is 6.20 Å². The predicted molar refractivity (Wildman–Crippen MR) is 46.8 cm³/mol. The summed E-state index contributed by atoms with van der Waals surface area (Å²) in [5.41, 5.74) is 0.282. The van der Waals surface area contributed by atoms with Gasteiger partial charge in [-0.15, -0.1) is 0 Å². The third kappa shape index (κ3) is 1.23. The van der Waals surface area contributed by atoms with Crippen LogP contribution in [0.1, 0.15) is 25.3 Å². The van der Waals surface area contributed by atoms with Crippen molar-refractivity contribution in [2.75, 3.05) is 0 Å². The Hall–Kier alpha value is -0.960. The second-order valence-electron chi connectivity index (χ2n) is 3.69. The topological polar surface area (TPSA) is 33.1 Å². The molecule has 0 aromatic carbocycles. The Labute approximate surface area is 76.4 Å². The highest BCUT2D eigenvalue weighted by atomic mass is 19.1. The van der Waals surface area contributed by atoms with Crippen LogP contribution in [0.4, 0.5) is 4.39 Å². The van der Waals surface area contributed by atoms with E-state index in [1.54, 1.807) is 19.2 Å². The van der Waals surface area contributed by atoms with Crippen molar-refractivity contribution in [2.45, 2.75) is 31.3 Å². The van der Waals surface area contributed by atoms with Gasteiger partial charge in [-0.25, -0.2) is 4.39 Å². The number of aliphatic hydroxyl groups excluding tert-OH is 1. The maximum Gasteiger partial charge on any atom is 0.145 e. The van der Waals surface area contributed by atoms with Gasteiger partial charge in [0.05, 0.1) is 12.3 Å². The lowest BCUT2D eigenvalue weighted by Gasteiger charge is -2.18. The van der Waals surface area contributed by atoms with Crippen molar-refractivity contribution in [1.82, 2.24) is 4.98 Å².